The molecule has 0 radical (unpaired) electrons. The molecule has 2 aromatic carbocycles. The summed E-state index contributed by atoms with van der Waals surface area (Å²) < 4.78 is 130. The summed E-state index contributed by atoms with van der Waals surface area (Å²) in [4.78, 5) is 23.7. The van der Waals surface area contributed by atoms with E-state index in [0.717, 1.165) is 47.8 Å². The van der Waals surface area contributed by atoms with Crippen molar-refractivity contribution in [1.82, 2.24) is 5.32 Å². The number of amides is 1. The fourth-order valence-electron chi connectivity index (χ4n) is 3.03. The standard InChI is InChI=1S/C22H11BrCl3F10NO2/c23-13-5-9(2-4-12(20(28,29)30)10-6-14(24)17(26)15(25)7-10)1-3-11(13)16(38)8-37-18(39)19(27,21(31,32)33)22(34,35)36/h1-7,12H,8H2,(H,37,39)/b4-2+. The Morgan fingerprint density at radius 1 is 0.872 bits per heavy atom. The summed E-state index contributed by atoms with van der Waals surface area (Å²) >= 11 is 20.3. The van der Waals surface area contributed by atoms with E-state index in [4.69, 9.17) is 34.8 Å². The number of nitrogens with one attached hydrogen (secondary N) is 1. The molecular weight excluding hydrogens is 686 g/mol. The van der Waals surface area contributed by atoms with Gasteiger partial charge in [-0.2, -0.15) is 39.5 Å². The van der Waals surface area contributed by atoms with E-state index >= 15 is 0 Å². The molecule has 1 unspecified atom stereocenters. The van der Waals surface area contributed by atoms with Crippen molar-refractivity contribution in [2.75, 3.05) is 6.54 Å². The van der Waals surface area contributed by atoms with Crippen LogP contribution >= 0.6 is 50.7 Å². The van der Waals surface area contributed by atoms with Crippen LogP contribution in [0.3, 0.4) is 0 Å². The molecule has 0 aliphatic rings. The van der Waals surface area contributed by atoms with Gasteiger partial charge in [0, 0.05) is 10.0 Å². The fraction of sp³-hybridized carbons (Fsp3) is 0.273. The first kappa shape index (κ1) is 33.2. The molecule has 0 aliphatic heterocycles. The van der Waals surface area contributed by atoms with Gasteiger partial charge in [0.05, 0.1) is 27.5 Å². The summed E-state index contributed by atoms with van der Waals surface area (Å²) in [7, 11) is 0. The first-order chi connectivity index (χ1) is 17.6. The van der Waals surface area contributed by atoms with E-state index in [2.05, 4.69) is 15.9 Å². The van der Waals surface area contributed by atoms with Gasteiger partial charge in [-0.1, -0.05) is 69.0 Å². The van der Waals surface area contributed by atoms with E-state index < -0.39 is 48.4 Å². The molecule has 0 saturated carbocycles. The molecule has 17 heteroatoms. The van der Waals surface area contributed by atoms with Crippen molar-refractivity contribution in [3.05, 3.63) is 72.6 Å². The Hall–Kier alpha value is -2.03. The third-order valence-corrected chi connectivity index (χ3v) is 6.85. The predicted molar refractivity (Wildman–Crippen MR) is 127 cm³/mol. The van der Waals surface area contributed by atoms with Crippen molar-refractivity contribution in [3.63, 3.8) is 0 Å². The molecule has 2 rings (SSSR count). The third-order valence-electron chi connectivity index (χ3n) is 5.00. The van der Waals surface area contributed by atoms with Crippen molar-refractivity contribution in [1.29, 1.82) is 0 Å². The quantitative estimate of drug-likeness (QED) is 0.179. The molecule has 214 valence electrons. The molecule has 39 heavy (non-hydrogen) atoms. The van der Waals surface area contributed by atoms with Crippen LogP contribution in [0.5, 0.6) is 0 Å². The van der Waals surface area contributed by atoms with Crippen molar-refractivity contribution in [3.8, 4) is 0 Å². The largest absolute Gasteiger partial charge is 0.441 e. The third kappa shape index (κ3) is 7.39. The topological polar surface area (TPSA) is 46.2 Å². The van der Waals surface area contributed by atoms with Gasteiger partial charge in [-0.15, -0.1) is 0 Å². The van der Waals surface area contributed by atoms with Crippen molar-refractivity contribution < 1.29 is 53.5 Å². The lowest BCUT2D eigenvalue weighted by molar-refractivity contribution is -0.325. The van der Waals surface area contributed by atoms with E-state index in [1.807, 2.05) is 0 Å². The van der Waals surface area contributed by atoms with E-state index in [0.29, 0.717) is 0 Å². The minimum Gasteiger partial charge on any atom is -0.345 e. The summed E-state index contributed by atoms with van der Waals surface area (Å²) in [5, 5.41) is 0.365. The number of Topliss-reactive ketones (excluding diaryl/α,β-unsaturated/α-hetero) is 1. The van der Waals surface area contributed by atoms with Crippen LogP contribution in [0.4, 0.5) is 43.9 Å². The zero-order valence-corrected chi connectivity index (χ0v) is 22.3. The van der Waals surface area contributed by atoms with Gasteiger partial charge in [-0.3, -0.25) is 9.59 Å². The van der Waals surface area contributed by atoms with E-state index in [1.165, 1.54) is 0 Å². The summed E-state index contributed by atoms with van der Waals surface area (Å²) in [6.07, 6.45) is -16.4. The van der Waals surface area contributed by atoms with Gasteiger partial charge in [0.25, 0.3) is 5.91 Å². The number of halogens is 14. The van der Waals surface area contributed by atoms with Crippen molar-refractivity contribution >= 4 is 68.5 Å². The molecule has 0 saturated heterocycles. The molecule has 1 amide bonds. The van der Waals surface area contributed by atoms with Crippen LogP contribution in [0.15, 0.2) is 40.9 Å². The molecule has 0 spiro atoms. The Bertz CT molecular complexity index is 1260. The van der Waals surface area contributed by atoms with Gasteiger partial charge < -0.3 is 5.32 Å². The number of ketones is 1. The normalized spacial score (nSPS) is 14.0. The Kier molecular flexibility index (Phi) is 10.1. The highest BCUT2D eigenvalue weighted by Gasteiger charge is 2.77. The van der Waals surface area contributed by atoms with Gasteiger partial charge in [-0.25, -0.2) is 4.39 Å². The van der Waals surface area contributed by atoms with Crippen LogP contribution in [0.2, 0.25) is 15.1 Å². The van der Waals surface area contributed by atoms with Crippen LogP contribution in [0.25, 0.3) is 6.08 Å². The van der Waals surface area contributed by atoms with Crippen LogP contribution in [0.1, 0.15) is 27.4 Å². The van der Waals surface area contributed by atoms with Gasteiger partial charge in [0.1, 0.15) is 0 Å². The molecular formula is C22H11BrCl3F10NO2. The minimum atomic E-state index is -6.66. The van der Waals surface area contributed by atoms with E-state index in [-0.39, 0.29) is 36.2 Å². The van der Waals surface area contributed by atoms with Crippen molar-refractivity contribution in [2.24, 2.45) is 0 Å². The fourth-order valence-corrected chi connectivity index (χ4v) is 4.26. The summed E-state index contributed by atoms with van der Waals surface area (Å²) in [5.41, 5.74) is -6.93. The number of carbonyl (C=O) groups is 2. The lowest BCUT2D eigenvalue weighted by Crippen LogP contribution is -2.63. The van der Waals surface area contributed by atoms with Crippen molar-refractivity contribution in [2.45, 2.75) is 30.1 Å². The van der Waals surface area contributed by atoms with E-state index in [9.17, 15) is 53.5 Å². The highest BCUT2D eigenvalue weighted by molar-refractivity contribution is 9.10. The van der Waals surface area contributed by atoms with Crippen LogP contribution in [-0.4, -0.2) is 42.4 Å². The Labute approximate surface area is 236 Å². The minimum absolute atomic E-state index is 0.0692. The average Bonchev–Trinajstić information content (AvgIpc) is 2.77. The molecule has 0 fully saturated rings. The van der Waals surface area contributed by atoms with Gasteiger partial charge in [-0.05, 0) is 35.4 Å². The lowest BCUT2D eigenvalue weighted by atomic mass is 9.96. The second-order valence-corrected chi connectivity index (χ2v) is 9.72. The maximum Gasteiger partial charge on any atom is 0.441 e. The number of alkyl halides is 10. The average molecular weight is 698 g/mol. The number of allylic oxidation sites excluding steroid dienone is 1. The highest BCUT2D eigenvalue weighted by Crippen LogP contribution is 2.46. The maximum absolute atomic E-state index is 13.7. The SMILES string of the molecule is O=C(CNC(=O)C(F)(C(F)(F)F)C(F)(F)F)c1ccc(/C=C/C(c2cc(Cl)c(Cl)c(Cl)c2)C(F)(F)F)cc1Br. The molecule has 1 N–H and O–H groups in total. The van der Waals surface area contributed by atoms with Gasteiger partial charge in [0.2, 0.25) is 0 Å². The molecule has 0 aromatic heterocycles. The second-order valence-electron chi connectivity index (χ2n) is 7.68. The molecule has 3 nitrogen and oxygen atoms in total. The summed E-state index contributed by atoms with van der Waals surface area (Å²) in [6, 6.07) is 5.09. The number of rotatable bonds is 7. The zero-order chi connectivity index (χ0) is 30.1. The molecule has 0 aliphatic carbocycles. The number of hydrogen-bond acceptors (Lipinski definition) is 2. The van der Waals surface area contributed by atoms with E-state index in [1.54, 1.807) is 0 Å². The summed E-state index contributed by atoms with van der Waals surface area (Å²) in [6.45, 7) is -1.46. The monoisotopic (exact) mass is 695 g/mol. The first-order valence-corrected chi connectivity index (χ1v) is 11.9. The summed E-state index contributed by atoms with van der Waals surface area (Å²) in [5.74, 6) is -6.59. The predicted octanol–water partition coefficient (Wildman–Crippen LogP) is 8.90. The zero-order valence-electron chi connectivity index (χ0n) is 18.4. The smallest absolute Gasteiger partial charge is 0.345 e. The number of carbonyl (C=O) groups excluding carboxylic acids is 2. The maximum atomic E-state index is 13.7. The molecule has 0 heterocycles. The van der Waals surface area contributed by atoms with Gasteiger partial charge in [0.15, 0.2) is 5.78 Å². The highest BCUT2D eigenvalue weighted by atomic mass is 79.9. The lowest BCUT2D eigenvalue weighted by Gasteiger charge is -2.28. The van der Waals surface area contributed by atoms with Gasteiger partial charge >= 0.3 is 24.2 Å². The number of benzene rings is 2. The first-order valence-electron chi connectivity index (χ1n) is 9.94. The van der Waals surface area contributed by atoms with Crippen LogP contribution in [-0.2, 0) is 4.79 Å². The Morgan fingerprint density at radius 2 is 1.38 bits per heavy atom. The molecule has 2 aromatic rings. The number of hydrogen-bond donors (Lipinski definition) is 1. The Morgan fingerprint density at radius 3 is 1.82 bits per heavy atom. The second kappa shape index (κ2) is 11.8. The van der Waals surface area contributed by atoms with Crippen LogP contribution in [0, 0.1) is 0 Å². The molecule has 0 bridgehead atoms. The Balaban J connectivity index is 2.26. The van der Waals surface area contributed by atoms with Crippen LogP contribution < -0.4 is 5.32 Å². The molecule has 1 atom stereocenters.